The van der Waals surface area contributed by atoms with Crippen LogP contribution in [0.5, 0.6) is 0 Å². The van der Waals surface area contributed by atoms with Gasteiger partial charge in [0.05, 0.1) is 25.2 Å². The Morgan fingerprint density at radius 3 is 2.85 bits per heavy atom. The van der Waals surface area contributed by atoms with Crippen LogP contribution in [0.2, 0.25) is 0 Å². The van der Waals surface area contributed by atoms with Gasteiger partial charge in [0.1, 0.15) is 6.04 Å². The van der Waals surface area contributed by atoms with Crippen molar-refractivity contribution >= 4 is 29.4 Å². The number of carbonyl (C=O) groups is 4. The molecule has 1 unspecified atom stereocenters. The van der Waals surface area contributed by atoms with Gasteiger partial charge < -0.3 is 20.1 Å². The smallest absolute Gasteiger partial charge is 0.305 e. The molecule has 1 aromatic rings. The fraction of sp³-hybridized carbons (Fsp3) is 0.444. The maximum Gasteiger partial charge on any atom is 0.305 e. The number of benzene rings is 1. The van der Waals surface area contributed by atoms with Crippen molar-refractivity contribution in [2.45, 2.75) is 31.8 Å². The molecule has 144 valence electrons. The van der Waals surface area contributed by atoms with Gasteiger partial charge in [0.15, 0.2) is 0 Å². The second kappa shape index (κ2) is 8.17. The van der Waals surface area contributed by atoms with Crippen molar-refractivity contribution in [2.75, 3.05) is 25.1 Å². The summed E-state index contributed by atoms with van der Waals surface area (Å²) in [6.07, 6.45) is 0.486. The fourth-order valence-electron chi connectivity index (χ4n) is 3.28. The van der Waals surface area contributed by atoms with Crippen LogP contribution in [-0.2, 0) is 25.7 Å². The summed E-state index contributed by atoms with van der Waals surface area (Å²) in [5, 5.41) is 14.0. The number of anilines is 1. The number of aliphatic carboxylic acids is 1. The number of carboxylic acids is 1. The first-order chi connectivity index (χ1) is 13.0. The van der Waals surface area contributed by atoms with Gasteiger partial charge in [-0.2, -0.15) is 0 Å². The first-order valence-electron chi connectivity index (χ1n) is 8.77. The first-order valence-corrected chi connectivity index (χ1v) is 8.77. The highest BCUT2D eigenvalue weighted by molar-refractivity contribution is 6.07. The van der Waals surface area contributed by atoms with Gasteiger partial charge in [-0.25, -0.2) is 0 Å². The molecule has 2 aliphatic heterocycles. The number of amides is 3. The summed E-state index contributed by atoms with van der Waals surface area (Å²) in [6.45, 7) is 1.18. The highest BCUT2D eigenvalue weighted by Crippen LogP contribution is 2.32. The molecular weight excluding hydrogens is 354 g/mol. The molecule has 0 spiro atoms. The van der Waals surface area contributed by atoms with Crippen LogP contribution in [0.4, 0.5) is 5.69 Å². The number of rotatable bonds is 8. The van der Waals surface area contributed by atoms with Crippen LogP contribution >= 0.6 is 0 Å². The average molecular weight is 375 g/mol. The largest absolute Gasteiger partial charge is 0.481 e. The van der Waals surface area contributed by atoms with E-state index < -0.39 is 17.9 Å². The van der Waals surface area contributed by atoms with E-state index in [0.29, 0.717) is 37.4 Å². The van der Waals surface area contributed by atoms with Gasteiger partial charge >= 0.3 is 5.97 Å². The van der Waals surface area contributed by atoms with Crippen LogP contribution in [0.25, 0.3) is 0 Å². The van der Waals surface area contributed by atoms with Crippen molar-refractivity contribution in [3.05, 3.63) is 29.3 Å². The van der Waals surface area contributed by atoms with Gasteiger partial charge in [0, 0.05) is 25.2 Å². The summed E-state index contributed by atoms with van der Waals surface area (Å²) in [7, 11) is 0. The summed E-state index contributed by atoms with van der Waals surface area (Å²) in [5.41, 5.74) is 1.99. The van der Waals surface area contributed by atoms with Crippen LogP contribution < -0.4 is 10.6 Å². The van der Waals surface area contributed by atoms with E-state index in [2.05, 4.69) is 10.6 Å². The molecule has 3 rings (SSSR count). The van der Waals surface area contributed by atoms with E-state index in [1.165, 1.54) is 4.90 Å². The molecule has 2 aliphatic rings. The predicted molar refractivity (Wildman–Crippen MR) is 94.0 cm³/mol. The predicted octanol–water partition coefficient (Wildman–Crippen LogP) is 0.351. The molecule has 9 nitrogen and oxygen atoms in total. The number of carboxylic acid groups (broad SMARTS) is 1. The molecule has 1 aromatic carbocycles. The Morgan fingerprint density at radius 1 is 1.30 bits per heavy atom. The molecule has 0 aliphatic carbocycles. The minimum Gasteiger partial charge on any atom is -0.481 e. The molecule has 9 heteroatoms. The van der Waals surface area contributed by atoms with Crippen LogP contribution in [0.15, 0.2) is 18.2 Å². The maximum absolute atomic E-state index is 12.9. The van der Waals surface area contributed by atoms with E-state index in [-0.39, 0.29) is 31.3 Å². The lowest BCUT2D eigenvalue weighted by Gasteiger charge is -2.29. The van der Waals surface area contributed by atoms with Crippen molar-refractivity contribution in [3.8, 4) is 0 Å². The molecule has 0 bridgehead atoms. The molecule has 0 radical (unpaired) electrons. The van der Waals surface area contributed by atoms with Gasteiger partial charge in [0.25, 0.3) is 5.91 Å². The third-order valence-electron chi connectivity index (χ3n) is 4.57. The highest BCUT2D eigenvalue weighted by atomic mass is 16.5. The summed E-state index contributed by atoms with van der Waals surface area (Å²) in [6, 6.07) is 4.80. The number of fused-ring (bicyclic) bond motifs is 1. The van der Waals surface area contributed by atoms with E-state index in [4.69, 9.17) is 9.84 Å². The monoisotopic (exact) mass is 375 g/mol. The normalized spacial score (nSPS) is 19.0. The number of piperidine rings is 1. The lowest BCUT2D eigenvalue weighted by Crippen LogP contribution is -2.52. The number of nitrogens with zero attached hydrogens (tertiary/aromatic N) is 1. The van der Waals surface area contributed by atoms with Crippen molar-refractivity contribution in [3.63, 3.8) is 0 Å². The van der Waals surface area contributed by atoms with Crippen molar-refractivity contribution in [1.29, 1.82) is 0 Å². The standard InChI is InChI=1S/C18H21N3O6/c22-14-5-4-13(17(25)20-14)21-10-11-2-1-3-12(16(11)18(21)26)19-7-9-27-8-6-15(23)24/h1-3,13,19H,4-10H2,(H,23,24)(H,20,22,25). The molecular formula is C18H21N3O6. The van der Waals surface area contributed by atoms with E-state index in [0.717, 1.165) is 5.56 Å². The average Bonchev–Trinajstić information content (AvgIpc) is 2.95. The summed E-state index contributed by atoms with van der Waals surface area (Å²) < 4.78 is 5.23. The molecule has 1 fully saturated rings. The molecule has 3 N–H and O–H groups in total. The highest BCUT2D eigenvalue weighted by Gasteiger charge is 2.39. The summed E-state index contributed by atoms with van der Waals surface area (Å²) >= 11 is 0. The molecule has 1 saturated heterocycles. The second-order valence-corrected chi connectivity index (χ2v) is 6.42. The Labute approximate surface area is 155 Å². The van der Waals surface area contributed by atoms with Gasteiger partial charge in [-0.15, -0.1) is 0 Å². The van der Waals surface area contributed by atoms with E-state index in [1.54, 1.807) is 6.07 Å². The Bertz CT molecular complexity index is 778. The van der Waals surface area contributed by atoms with Gasteiger partial charge in [0.2, 0.25) is 11.8 Å². The van der Waals surface area contributed by atoms with Crippen molar-refractivity contribution < 1.29 is 29.0 Å². The fourth-order valence-corrected chi connectivity index (χ4v) is 3.28. The number of carbonyl (C=O) groups excluding carboxylic acids is 3. The third-order valence-corrected chi connectivity index (χ3v) is 4.57. The maximum atomic E-state index is 12.9. The zero-order valence-electron chi connectivity index (χ0n) is 14.7. The number of imide groups is 1. The minimum absolute atomic E-state index is 0.0554. The number of hydrogen-bond donors (Lipinski definition) is 3. The minimum atomic E-state index is -0.914. The Hall–Kier alpha value is -2.94. The molecule has 2 heterocycles. The molecule has 0 saturated carbocycles. The third kappa shape index (κ3) is 4.25. The summed E-state index contributed by atoms with van der Waals surface area (Å²) in [4.78, 5) is 48.2. The zero-order valence-corrected chi connectivity index (χ0v) is 14.7. The Kier molecular flexibility index (Phi) is 5.70. The van der Waals surface area contributed by atoms with Crippen LogP contribution in [0.3, 0.4) is 0 Å². The van der Waals surface area contributed by atoms with Gasteiger partial charge in [-0.05, 0) is 18.1 Å². The number of hydrogen-bond acceptors (Lipinski definition) is 6. The summed E-state index contributed by atoms with van der Waals surface area (Å²) in [5.74, 6) is -1.91. The molecule has 3 amide bonds. The Morgan fingerprint density at radius 2 is 2.11 bits per heavy atom. The lowest BCUT2D eigenvalue weighted by molar-refractivity contribution is -0.138. The number of ether oxygens (including phenoxy) is 1. The van der Waals surface area contributed by atoms with Crippen LogP contribution in [0.1, 0.15) is 35.2 Å². The van der Waals surface area contributed by atoms with Gasteiger partial charge in [-0.3, -0.25) is 24.5 Å². The van der Waals surface area contributed by atoms with E-state index in [1.807, 2.05) is 12.1 Å². The quantitative estimate of drug-likeness (QED) is 0.442. The van der Waals surface area contributed by atoms with Gasteiger partial charge in [-0.1, -0.05) is 12.1 Å². The van der Waals surface area contributed by atoms with E-state index in [9.17, 15) is 19.2 Å². The van der Waals surface area contributed by atoms with Crippen molar-refractivity contribution in [2.24, 2.45) is 0 Å². The van der Waals surface area contributed by atoms with Crippen LogP contribution in [0, 0.1) is 0 Å². The zero-order chi connectivity index (χ0) is 19.4. The van der Waals surface area contributed by atoms with Crippen LogP contribution in [-0.4, -0.2) is 59.5 Å². The Balaban J connectivity index is 1.61. The molecule has 0 aromatic heterocycles. The topological polar surface area (TPSA) is 125 Å². The first kappa shape index (κ1) is 18.8. The SMILES string of the molecule is O=C(O)CCOCCNc1cccc2c1C(=O)N(C1CCC(=O)NC1=O)C2. The molecule has 1 atom stereocenters. The lowest BCUT2D eigenvalue weighted by atomic mass is 10.0. The van der Waals surface area contributed by atoms with E-state index >= 15 is 0 Å². The van der Waals surface area contributed by atoms with Crippen molar-refractivity contribution in [1.82, 2.24) is 10.2 Å². The molecule has 27 heavy (non-hydrogen) atoms. The second-order valence-electron chi connectivity index (χ2n) is 6.42. The number of nitrogens with one attached hydrogen (secondary N) is 2.